The minimum absolute atomic E-state index is 0.347. The van der Waals surface area contributed by atoms with Crippen LogP contribution in [0.3, 0.4) is 0 Å². The van der Waals surface area contributed by atoms with Crippen molar-refractivity contribution in [2.24, 2.45) is 11.7 Å². The van der Waals surface area contributed by atoms with Gasteiger partial charge in [0.1, 0.15) is 5.82 Å². The zero-order chi connectivity index (χ0) is 12.4. The first-order valence-electron chi connectivity index (χ1n) is 6.25. The van der Waals surface area contributed by atoms with Crippen molar-refractivity contribution in [2.75, 3.05) is 18.0 Å². The molecular weight excluding hydrogens is 278 g/mol. The van der Waals surface area contributed by atoms with Crippen LogP contribution in [0.1, 0.15) is 25.3 Å². The highest BCUT2D eigenvalue weighted by Crippen LogP contribution is 2.30. The summed E-state index contributed by atoms with van der Waals surface area (Å²) in [5, 5.41) is 0. The number of anilines is 1. The number of pyridine rings is 1. The first-order chi connectivity index (χ1) is 8.13. The van der Waals surface area contributed by atoms with Crippen molar-refractivity contribution in [3.8, 4) is 0 Å². The van der Waals surface area contributed by atoms with Crippen LogP contribution in [-0.2, 0) is 0 Å². The van der Waals surface area contributed by atoms with E-state index < -0.39 is 0 Å². The number of hydrogen-bond acceptors (Lipinski definition) is 3. The van der Waals surface area contributed by atoms with Gasteiger partial charge in [-0.2, -0.15) is 0 Å². The number of nitrogens with two attached hydrogens (primary N) is 1. The average Bonchev–Trinajstić information content (AvgIpc) is 2.34. The lowest BCUT2D eigenvalue weighted by molar-refractivity contribution is 0.346. The first kappa shape index (κ1) is 12.8. The fourth-order valence-corrected chi connectivity index (χ4v) is 2.91. The highest BCUT2D eigenvalue weighted by atomic mass is 79.9. The summed E-state index contributed by atoms with van der Waals surface area (Å²) in [6.45, 7) is 6.34. The van der Waals surface area contributed by atoms with Gasteiger partial charge < -0.3 is 10.6 Å². The molecule has 1 aromatic heterocycles. The molecule has 0 aliphatic carbocycles. The summed E-state index contributed by atoms with van der Waals surface area (Å²) in [7, 11) is 0. The van der Waals surface area contributed by atoms with Crippen molar-refractivity contribution < 1.29 is 0 Å². The standard InChI is InChI=1S/C13H20BrN3/c1-3-10-8-17(7-5-11(10)15)13-12(14)9(2)4-6-16-13/h4,6,10-11H,3,5,7-8,15H2,1-2H3. The number of nitrogens with zero attached hydrogens (tertiary/aromatic N) is 2. The first-order valence-corrected chi connectivity index (χ1v) is 7.04. The summed E-state index contributed by atoms with van der Waals surface area (Å²) in [6, 6.07) is 2.38. The molecule has 17 heavy (non-hydrogen) atoms. The highest BCUT2D eigenvalue weighted by molar-refractivity contribution is 9.10. The van der Waals surface area contributed by atoms with E-state index in [4.69, 9.17) is 5.73 Å². The topological polar surface area (TPSA) is 42.2 Å². The van der Waals surface area contributed by atoms with E-state index in [0.29, 0.717) is 12.0 Å². The van der Waals surface area contributed by atoms with E-state index in [0.717, 1.165) is 36.2 Å². The molecule has 0 aromatic carbocycles. The van der Waals surface area contributed by atoms with Crippen LogP contribution in [0.25, 0.3) is 0 Å². The molecule has 2 rings (SSSR count). The lowest BCUT2D eigenvalue weighted by Crippen LogP contribution is -2.47. The maximum absolute atomic E-state index is 6.14. The molecule has 94 valence electrons. The Morgan fingerprint density at radius 3 is 3.06 bits per heavy atom. The van der Waals surface area contributed by atoms with Crippen molar-refractivity contribution in [3.63, 3.8) is 0 Å². The Morgan fingerprint density at radius 1 is 1.59 bits per heavy atom. The second kappa shape index (κ2) is 5.36. The second-order valence-electron chi connectivity index (χ2n) is 4.83. The van der Waals surface area contributed by atoms with Gasteiger partial charge in [0.05, 0.1) is 4.47 Å². The molecule has 0 amide bonds. The minimum Gasteiger partial charge on any atom is -0.355 e. The lowest BCUT2D eigenvalue weighted by atomic mass is 9.91. The van der Waals surface area contributed by atoms with Gasteiger partial charge in [0.25, 0.3) is 0 Å². The molecule has 0 radical (unpaired) electrons. The van der Waals surface area contributed by atoms with Gasteiger partial charge in [0.15, 0.2) is 0 Å². The molecule has 1 saturated heterocycles. The van der Waals surface area contributed by atoms with Gasteiger partial charge in [-0.25, -0.2) is 4.98 Å². The fourth-order valence-electron chi connectivity index (χ4n) is 2.42. The van der Waals surface area contributed by atoms with E-state index in [9.17, 15) is 0 Å². The van der Waals surface area contributed by atoms with Crippen LogP contribution < -0.4 is 10.6 Å². The van der Waals surface area contributed by atoms with Crippen LogP contribution in [0, 0.1) is 12.8 Å². The molecule has 3 nitrogen and oxygen atoms in total. The van der Waals surface area contributed by atoms with Crippen LogP contribution in [0.2, 0.25) is 0 Å². The molecule has 1 aliphatic rings. The smallest absolute Gasteiger partial charge is 0.143 e. The van der Waals surface area contributed by atoms with Crippen LogP contribution >= 0.6 is 15.9 Å². The third-order valence-corrected chi connectivity index (χ3v) is 4.66. The Hall–Kier alpha value is -0.610. The number of piperidine rings is 1. The van der Waals surface area contributed by atoms with Crippen molar-refractivity contribution >= 4 is 21.7 Å². The molecule has 0 spiro atoms. The van der Waals surface area contributed by atoms with Gasteiger partial charge in [0.2, 0.25) is 0 Å². The Morgan fingerprint density at radius 2 is 2.35 bits per heavy atom. The summed E-state index contributed by atoms with van der Waals surface area (Å²) in [5.41, 5.74) is 7.37. The second-order valence-corrected chi connectivity index (χ2v) is 5.63. The third kappa shape index (κ3) is 2.63. The van der Waals surface area contributed by atoms with Crippen LogP contribution in [-0.4, -0.2) is 24.1 Å². The minimum atomic E-state index is 0.347. The number of aryl methyl sites for hydroxylation is 1. The van der Waals surface area contributed by atoms with E-state index in [1.807, 2.05) is 12.3 Å². The zero-order valence-electron chi connectivity index (χ0n) is 10.5. The van der Waals surface area contributed by atoms with Crippen LogP contribution in [0.15, 0.2) is 16.7 Å². The van der Waals surface area contributed by atoms with Gasteiger partial charge in [-0.15, -0.1) is 0 Å². The van der Waals surface area contributed by atoms with Crippen LogP contribution in [0.5, 0.6) is 0 Å². The number of hydrogen-bond donors (Lipinski definition) is 1. The number of halogens is 1. The molecule has 2 heterocycles. The maximum Gasteiger partial charge on any atom is 0.143 e. The summed E-state index contributed by atoms with van der Waals surface area (Å²) in [6.07, 6.45) is 4.08. The molecular formula is C13H20BrN3. The Labute approximate surface area is 112 Å². The molecule has 2 N–H and O–H groups in total. The predicted octanol–water partition coefficient (Wildman–Crippen LogP) is 2.72. The van der Waals surface area contributed by atoms with Gasteiger partial charge in [-0.1, -0.05) is 13.3 Å². The van der Waals surface area contributed by atoms with Crippen molar-refractivity contribution in [1.82, 2.24) is 4.98 Å². The van der Waals surface area contributed by atoms with Crippen molar-refractivity contribution in [3.05, 3.63) is 22.3 Å². The fraction of sp³-hybridized carbons (Fsp3) is 0.615. The maximum atomic E-state index is 6.14. The summed E-state index contributed by atoms with van der Waals surface area (Å²) in [5.74, 6) is 1.65. The van der Waals surface area contributed by atoms with E-state index >= 15 is 0 Å². The predicted molar refractivity (Wildman–Crippen MR) is 75.3 cm³/mol. The highest BCUT2D eigenvalue weighted by Gasteiger charge is 2.27. The van der Waals surface area contributed by atoms with Crippen molar-refractivity contribution in [2.45, 2.75) is 32.7 Å². The SMILES string of the molecule is CCC1CN(c2nccc(C)c2Br)CCC1N. The number of aromatic nitrogens is 1. The van der Waals surface area contributed by atoms with Gasteiger partial charge >= 0.3 is 0 Å². The lowest BCUT2D eigenvalue weighted by Gasteiger charge is -2.37. The van der Waals surface area contributed by atoms with E-state index in [1.165, 1.54) is 5.56 Å². The molecule has 0 saturated carbocycles. The molecule has 1 fully saturated rings. The zero-order valence-corrected chi connectivity index (χ0v) is 12.1. The molecule has 2 atom stereocenters. The average molecular weight is 298 g/mol. The molecule has 2 unspecified atom stereocenters. The van der Waals surface area contributed by atoms with E-state index in [-0.39, 0.29) is 0 Å². The monoisotopic (exact) mass is 297 g/mol. The molecule has 4 heteroatoms. The number of rotatable bonds is 2. The molecule has 0 bridgehead atoms. The van der Waals surface area contributed by atoms with Crippen molar-refractivity contribution in [1.29, 1.82) is 0 Å². The Bertz CT molecular complexity index is 394. The summed E-state index contributed by atoms with van der Waals surface area (Å²) in [4.78, 5) is 6.85. The molecule has 1 aliphatic heterocycles. The Kier molecular flexibility index (Phi) is 4.05. The quantitative estimate of drug-likeness (QED) is 0.913. The molecule has 1 aromatic rings. The summed E-state index contributed by atoms with van der Waals surface area (Å²) >= 11 is 3.64. The Balaban J connectivity index is 2.20. The normalized spacial score (nSPS) is 25.1. The van der Waals surface area contributed by atoms with Gasteiger partial charge in [0, 0.05) is 25.3 Å². The third-order valence-electron chi connectivity index (χ3n) is 3.68. The van der Waals surface area contributed by atoms with Crippen LogP contribution in [0.4, 0.5) is 5.82 Å². The van der Waals surface area contributed by atoms with Gasteiger partial charge in [-0.05, 0) is 46.8 Å². The van der Waals surface area contributed by atoms with E-state index in [1.54, 1.807) is 0 Å². The summed E-state index contributed by atoms with van der Waals surface area (Å²) < 4.78 is 1.12. The van der Waals surface area contributed by atoms with Gasteiger partial charge in [-0.3, -0.25) is 0 Å². The van der Waals surface area contributed by atoms with E-state index in [2.05, 4.69) is 39.7 Å². The largest absolute Gasteiger partial charge is 0.355 e.